The van der Waals surface area contributed by atoms with E-state index >= 15 is 0 Å². The van der Waals surface area contributed by atoms with Gasteiger partial charge < -0.3 is 5.73 Å². The average molecular weight is 242 g/mol. The van der Waals surface area contributed by atoms with Gasteiger partial charge in [-0.25, -0.2) is 0 Å². The lowest BCUT2D eigenvalue weighted by molar-refractivity contribution is 0.514. The molecule has 1 rings (SSSR count). The van der Waals surface area contributed by atoms with Crippen molar-refractivity contribution in [2.24, 2.45) is 11.7 Å². The zero-order chi connectivity index (χ0) is 10.0. The lowest BCUT2D eigenvalue weighted by Crippen LogP contribution is -2.16. The molecule has 0 saturated carbocycles. The van der Waals surface area contributed by atoms with Crippen molar-refractivity contribution in [2.75, 3.05) is 0 Å². The van der Waals surface area contributed by atoms with Crippen LogP contribution >= 0.6 is 15.9 Å². The molecule has 0 aromatic heterocycles. The van der Waals surface area contributed by atoms with Gasteiger partial charge in [0.05, 0.1) is 0 Å². The molecule has 0 radical (unpaired) electrons. The van der Waals surface area contributed by atoms with Gasteiger partial charge in [0.2, 0.25) is 0 Å². The van der Waals surface area contributed by atoms with E-state index in [9.17, 15) is 0 Å². The highest BCUT2D eigenvalue weighted by molar-refractivity contribution is 9.10. The molecule has 1 aromatic carbocycles. The highest BCUT2D eigenvalue weighted by Gasteiger charge is 2.10. The molecule has 1 aromatic rings. The molecule has 0 amide bonds. The number of halogens is 1. The van der Waals surface area contributed by atoms with E-state index in [2.05, 4.69) is 54.9 Å². The van der Waals surface area contributed by atoms with E-state index < -0.39 is 0 Å². The van der Waals surface area contributed by atoms with Gasteiger partial charge in [-0.1, -0.05) is 41.9 Å². The molecular formula is C11H16BrN. The number of nitrogens with two attached hydrogens (primary N) is 1. The lowest BCUT2D eigenvalue weighted by atomic mass is 9.96. The zero-order valence-electron chi connectivity index (χ0n) is 8.34. The van der Waals surface area contributed by atoms with Gasteiger partial charge in [-0.3, -0.25) is 0 Å². The van der Waals surface area contributed by atoms with Crippen molar-refractivity contribution in [3.05, 3.63) is 33.8 Å². The van der Waals surface area contributed by atoms with E-state index in [0.29, 0.717) is 5.92 Å². The molecule has 0 fully saturated rings. The largest absolute Gasteiger partial charge is 0.324 e. The second-order valence-electron chi connectivity index (χ2n) is 3.78. The summed E-state index contributed by atoms with van der Waals surface area (Å²) in [5, 5.41) is 0. The molecule has 2 N–H and O–H groups in total. The van der Waals surface area contributed by atoms with Crippen LogP contribution < -0.4 is 5.73 Å². The molecule has 0 bridgehead atoms. The molecule has 0 heterocycles. The second kappa shape index (κ2) is 4.25. The molecule has 1 atom stereocenters. The summed E-state index contributed by atoms with van der Waals surface area (Å²) in [6.45, 7) is 6.37. The zero-order valence-corrected chi connectivity index (χ0v) is 9.93. The summed E-state index contributed by atoms with van der Waals surface area (Å²) in [6.07, 6.45) is 0. The summed E-state index contributed by atoms with van der Waals surface area (Å²) in [7, 11) is 0. The molecule has 0 aliphatic heterocycles. The molecule has 2 heteroatoms. The summed E-state index contributed by atoms with van der Waals surface area (Å²) >= 11 is 3.47. The van der Waals surface area contributed by atoms with Crippen LogP contribution in [0, 0.1) is 12.8 Å². The average Bonchev–Trinajstić information content (AvgIpc) is 2.08. The Morgan fingerprint density at radius 2 is 1.92 bits per heavy atom. The third-order valence-electron chi connectivity index (χ3n) is 2.29. The Bertz CT molecular complexity index is 294. The predicted octanol–water partition coefficient (Wildman–Crippen LogP) is 3.41. The number of rotatable bonds is 2. The minimum absolute atomic E-state index is 0.145. The quantitative estimate of drug-likeness (QED) is 0.844. The van der Waals surface area contributed by atoms with E-state index in [-0.39, 0.29) is 6.04 Å². The van der Waals surface area contributed by atoms with Crippen molar-refractivity contribution >= 4 is 15.9 Å². The van der Waals surface area contributed by atoms with Gasteiger partial charge in [0, 0.05) is 10.5 Å². The van der Waals surface area contributed by atoms with E-state index in [1.165, 1.54) is 11.1 Å². The Hall–Kier alpha value is -0.340. The molecule has 0 saturated heterocycles. The Balaban J connectivity index is 2.97. The molecule has 0 unspecified atom stereocenters. The highest BCUT2D eigenvalue weighted by atomic mass is 79.9. The molecule has 0 spiro atoms. The predicted molar refractivity (Wildman–Crippen MR) is 60.6 cm³/mol. The number of hydrogen-bond donors (Lipinski definition) is 1. The van der Waals surface area contributed by atoms with Gasteiger partial charge in [-0.05, 0) is 30.0 Å². The third-order valence-corrected chi connectivity index (χ3v) is 3.17. The standard InChI is InChI=1S/C11H16BrN/c1-7(2)11(13)9-4-5-10(12)8(3)6-9/h4-7,11H,13H2,1-3H3/t11-/m0/s1. The van der Waals surface area contributed by atoms with Gasteiger partial charge in [-0.2, -0.15) is 0 Å². The fraction of sp³-hybridized carbons (Fsp3) is 0.455. The monoisotopic (exact) mass is 241 g/mol. The van der Waals surface area contributed by atoms with Crippen molar-refractivity contribution in [1.82, 2.24) is 0 Å². The number of aryl methyl sites for hydroxylation is 1. The molecule has 72 valence electrons. The maximum atomic E-state index is 6.04. The van der Waals surface area contributed by atoms with E-state index in [1.807, 2.05) is 0 Å². The van der Waals surface area contributed by atoms with Crippen LogP contribution in [0.2, 0.25) is 0 Å². The number of benzene rings is 1. The first-order chi connectivity index (χ1) is 6.02. The molecule has 13 heavy (non-hydrogen) atoms. The molecule has 1 nitrogen and oxygen atoms in total. The molecular weight excluding hydrogens is 226 g/mol. The minimum Gasteiger partial charge on any atom is -0.324 e. The summed E-state index contributed by atoms with van der Waals surface area (Å²) in [5.74, 6) is 0.487. The molecule has 0 aliphatic carbocycles. The second-order valence-corrected chi connectivity index (χ2v) is 4.63. The minimum atomic E-state index is 0.145. The lowest BCUT2D eigenvalue weighted by Gasteiger charge is -2.16. The van der Waals surface area contributed by atoms with Crippen LogP contribution in [0.25, 0.3) is 0 Å². The van der Waals surface area contributed by atoms with Crippen molar-refractivity contribution < 1.29 is 0 Å². The maximum Gasteiger partial charge on any atom is 0.0318 e. The van der Waals surface area contributed by atoms with Crippen LogP contribution in [0.1, 0.15) is 31.0 Å². The smallest absolute Gasteiger partial charge is 0.0318 e. The van der Waals surface area contributed by atoms with Gasteiger partial charge >= 0.3 is 0 Å². The summed E-state index contributed by atoms with van der Waals surface area (Å²) in [6, 6.07) is 6.44. The maximum absolute atomic E-state index is 6.04. The topological polar surface area (TPSA) is 26.0 Å². The third kappa shape index (κ3) is 2.55. The van der Waals surface area contributed by atoms with Crippen molar-refractivity contribution in [3.63, 3.8) is 0 Å². The normalized spacial score (nSPS) is 13.4. The Morgan fingerprint density at radius 1 is 1.31 bits per heavy atom. The van der Waals surface area contributed by atoms with Gasteiger partial charge in [0.25, 0.3) is 0 Å². The van der Waals surface area contributed by atoms with Crippen molar-refractivity contribution in [1.29, 1.82) is 0 Å². The number of hydrogen-bond acceptors (Lipinski definition) is 1. The van der Waals surface area contributed by atoms with Crippen LogP contribution in [-0.2, 0) is 0 Å². The van der Waals surface area contributed by atoms with Gasteiger partial charge in [-0.15, -0.1) is 0 Å². The summed E-state index contributed by atoms with van der Waals surface area (Å²) < 4.78 is 1.15. The van der Waals surface area contributed by atoms with E-state index in [1.54, 1.807) is 0 Å². The summed E-state index contributed by atoms with van der Waals surface area (Å²) in [4.78, 5) is 0. The van der Waals surface area contributed by atoms with Crippen molar-refractivity contribution in [2.45, 2.75) is 26.8 Å². The fourth-order valence-corrected chi connectivity index (χ4v) is 1.51. The van der Waals surface area contributed by atoms with Crippen LogP contribution in [0.4, 0.5) is 0 Å². The first-order valence-electron chi connectivity index (χ1n) is 4.54. The Kier molecular flexibility index (Phi) is 3.51. The van der Waals surface area contributed by atoms with Crippen molar-refractivity contribution in [3.8, 4) is 0 Å². The fourth-order valence-electron chi connectivity index (χ4n) is 1.26. The van der Waals surface area contributed by atoms with Crippen LogP contribution in [0.15, 0.2) is 22.7 Å². The van der Waals surface area contributed by atoms with Crippen LogP contribution in [0.3, 0.4) is 0 Å². The van der Waals surface area contributed by atoms with E-state index in [4.69, 9.17) is 5.73 Å². The Morgan fingerprint density at radius 3 is 2.38 bits per heavy atom. The highest BCUT2D eigenvalue weighted by Crippen LogP contribution is 2.23. The molecule has 0 aliphatic rings. The van der Waals surface area contributed by atoms with Crippen LogP contribution in [-0.4, -0.2) is 0 Å². The first kappa shape index (κ1) is 10.7. The first-order valence-corrected chi connectivity index (χ1v) is 5.33. The van der Waals surface area contributed by atoms with Gasteiger partial charge in [0.15, 0.2) is 0 Å². The van der Waals surface area contributed by atoms with E-state index in [0.717, 1.165) is 4.47 Å². The van der Waals surface area contributed by atoms with Gasteiger partial charge in [0.1, 0.15) is 0 Å². The SMILES string of the molecule is Cc1cc([C@@H](N)C(C)C)ccc1Br. The van der Waals surface area contributed by atoms with Crippen LogP contribution in [0.5, 0.6) is 0 Å². The Labute approximate surface area is 88.5 Å². The summed E-state index contributed by atoms with van der Waals surface area (Å²) in [5.41, 5.74) is 8.50.